The molecule has 1 heterocycles. The molecule has 0 N–H and O–H groups in total. The molecule has 0 saturated carbocycles. The van der Waals surface area contributed by atoms with E-state index < -0.39 is 0 Å². The third-order valence-electron chi connectivity index (χ3n) is 1.81. The molecule has 0 aliphatic rings. The van der Waals surface area contributed by atoms with Crippen molar-refractivity contribution in [3.8, 4) is 0 Å². The number of ether oxygens (including phenoxy) is 1. The van der Waals surface area contributed by atoms with E-state index in [1.54, 1.807) is 10.9 Å². The first kappa shape index (κ1) is 11.2. The van der Waals surface area contributed by atoms with Crippen molar-refractivity contribution < 1.29 is 9.53 Å². The van der Waals surface area contributed by atoms with E-state index in [0.29, 0.717) is 5.92 Å². The summed E-state index contributed by atoms with van der Waals surface area (Å²) in [5, 5.41) is 4.27. The van der Waals surface area contributed by atoms with Gasteiger partial charge < -0.3 is 4.74 Å². The number of nitrogens with zero attached hydrogens (tertiary/aromatic N) is 2. The Morgan fingerprint density at radius 2 is 2.36 bits per heavy atom. The van der Waals surface area contributed by atoms with Gasteiger partial charge in [-0.1, -0.05) is 13.8 Å². The van der Waals surface area contributed by atoms with Crippen LogP contribution in [-0.4, -0.2) is 22.9 Å². The molecular formula is C9H13BrN2O2. The summed E-state index contributed by atoms with van der Waals surface area (Å²) in [6.45, 7) is 4.26. The molecule has 78 valence electrons. The predicted octanol–water partition coefficient (Wildman–Crippen LogP) is 1.94. The van der Waals surface area contributed by atoms with Crippen LogP contribution >= 0.6 is 15.9 Å². The molecular weight excluding hydrogens is 248 g/mol. The Hall–Kier alpha value is -0.840. The number of hydrogen-bond acceptors (Lipinski definition) is 3. The van der Waals surface area contributed by atoms with Gasteiger partial charge in [0.05, 0.1) is 17.3 Å². The Bertz CT molecular complexity index is 334. The highest BCUT2D eigenvalue weighted by Gasteiger charge is 2.11. The Kier molecular flexibility index (Phi) is 3.69. The van der Waals surface area contributed by atoms with Crippen LogP contribution in [0.1, 0.15) is 25.5 Å². The first-order valence-corrected chi connectivity index (χ1v) is 5.13. The van der Waals surface area contributed by atoms with Crippen LogP contribution in [0.4, 0.5) is 0 Å². The molecule has 0 spiro atoms. The normalized spacial score (nSPS) is 10.6. The van der Waals surface area contributed by atoms with Gasteiger partial charge in [-0.3, -0.25) is 9.48 Å². The molecule has 1 aromatic rings. The Morgan fingerprint density at radius 1 is 1.71 bits per heavy atom. The monoisotopic (exact) mass is 260 g/mol. The van der Waals surface area contributed by atoms with E-state index in [1.165, 1.54) is 7.11 Å². The summed E-state index contributed by atoms with van der Waals surface area (Å²) in [6.07, 6.45) is 1.78. The fourth-order valence-corrected chi connectivity index (χ4v) is 1.85. The fourth-order valence-electron chi connectivity index (χ4n) is 1.08. The van der Waals surface area contributed by atoms with Crippen molar-refractivity contribution >= 4 is 21.9 Å². The van der Waals surface area contributed by atoms with Crippen molar-refractivity contribution in [2.45, 2.75) is 26.3 Å². The molecule has 4 nitrogen and oxygen atoms in total. The summed E-state index contributed by atoms with van der Waals surface area (Å²) in [5.74, 6) is 0.0404. The maximum absolute atomic E-state index is 11.0. The second kappa shape index (κ2) is 4.59. The summed E-state index contributed by atoms with van der Waals surface area (Å²) in [4.78, 5) is 11.0. The largest absolute Gasteiger partial charge is 0.468 e. The maximum Gasteiger partial charge on any atom is 0.327 e. The standard InChI is InChI=1S/C9H13BrN2O2/c1-6(2)9-7(10)4-12(11-9)5-8(13)14-3/h4,6H,5H2,1-3H3. The molecule has 0 bridgehead atoms. The summed E-state index contributed by atoms with van der Waals surface area (Å²) in [5.41, 5.74) is 0.953. The van der Waals surface area contributed by atoms with Crippen molar-refractivity contribution in [1.82, 2.24) is 9.78 Å². The van der Waals surface area contributed by atoms with Crippen LogP contribution in [0.25, 0.3) is 0 Å². The summed E-state index contributed by atoms with van der Waals surface area (Å²) in [6, 6.07) is 0. The predicted molar refractivity (Wildman–Crippen MR) is 56.0 cm³/mol. The number of halogens is 1. The molecule has 0 amide bonds. The third kappa shape index (κ3) is 2.57. The number of aromatic nitrogens is 2. The molecule has 0 radical (unpaired) electrons. The van der Waals surface area contributed by atoms with Gasteiger partial charge in [0.2, 0.25) is 0 Å². The molecule has 1 aromatic heterocycles. The highest BCUT2D eigenvalue weighted by Crippen LogP contribution is 2.22. The molecule has 0 aromatic carbocycles. The van der Waals surface area contributed by atoms with E-state index in [1.807, 2.05) is 0 Å². The minimum atomic E-state index is -0.296. The van der Waals surface area contributed by atoms with Crippen molar-refractivity contribution in [1.29, 1.82) is 0 Å². The molecule has 0 saturated heterocycles. The lowest BCUT2D eigenvalue weighted by Crippen LogP contribution is -2.12. The van der Waals surface area contributed by atoms with Crippen LogP contribution in [0.15, 0.2) is 10.7 Å². The quantitative estimate of drug-likeness (QED) is 0.781. The lowest BCUT2D eigenvalue weighted by molar-refractivity contribution is -0.141. The topological polar surface area (TPSA) is 44.1 Å². The van der Waals surface area contributed by atoms with Crippen LogP contribution < -0.4 is 0 Å². The average molecular weight is 261 g/mol. The van der Waals surface area contributed by atoms with Crippen LogP contribution in [0.2, 0.25) is 0 Å². The number of esters is 1. The van der Waals surface area contributed by atoms with Gasteiger partial charge in [-0.25, -0.2) is 0 Å². The molecule has 0 atom stereocenters. The smallest absolute Gasteiger partial charge is 0.327 e. The molecule has 0 fully saturated rings. The number of hydrogen-bond donors (Lipinski definition) is 0. The van der Waals surface area contributed by atoms with Crippen LogP contribution in [-0.2, 0) is 16.1 Å². The second-order valence-corrected chi connectivity index (χ2v) is 4.15. The van der Waals surface area contributed by atoms with Crippen LogP contribution in [0, 0.1) is 0 Å². The third-order valence-corrected chi connectivity index (χ3v) is 2.42. The first-order chi connectivity index (χ1) is 6.54. The van der Waals surface area contributed by atoms with Gasteiger partial charge in [0, 0.05) is 6.20 Å². The highest BCUT2D eigenvalue weighted by atomic mass is 79.9. The second-order valence-electron chi connectivity index (χ2n) is 3.29. The zero-order chi connectivity index (χ0) is 10.7. The fraction of sp³-hybridized carbons (Fsp3) is 0.556. The van der Waals surface area contributed by atoms with Gasteiger partial charge in [0.1, 0.15) is 6.54 Å². The van der Waals surface area contributed by atoms with E-state index in [2.05, 4.69) is 39.6 Å². The van der Waals surface area contributed by atoms with E-state index in [0.717, 1.165) is 10.2 Å². The minimum Gasteiger partial charge on any atom is -0.468 e. The van der Waals surface area contributed by atoms with E-state index in [4.69, 9.17) is 0 Å². The lowest BCUT2D eigenvalue weighted by atomic mass is 10.1. The first-order valence-electron chi connectivity index (χ1n) is 4.34. The van der Waals surface area contributed by atoms with Gasteiger partial charge in [-0.15, -0.1) is 0 Å². The number of carbonyl (C=O) groups is 1. The summed E-state index contributed by atoms with van der Waals surface area (Å²) < 4.78 is 7.05. The van der Waals surface area contributed by atoms with Gasteiger partial charge in [0.15, 0.2) is 0 Å². The van der Waals surface area contributed by atoms with E-state index >= 15 is 0 Å². The van der Waals surface area contributed by atoms with Crippen molar-refractivity contribution in [3.63, 3.8) is 0 Å². The maximum atomic E-state index is 11.0. The van der Waals surface area contributed by atoms with Crippen LogP contribution in [0.5, 0.6) is 0 Å². The zero-order valence-electron chi connectivity index (χ0n) is 8.45. The van der Waals surface area contributed by atoms with Gasteiger partial charge >= 0.3 is 5.97 Å². The molecule has 5 heteroatoms. The van der Waals surface area contributed by atoms with E-state index in [9.17, 15) is 4.79 Å². The zero-order valence-corrected chi connectivity index (χ0v) is 10.0. The molecule has 1 rings (SSSR count). The van der Waals surface area contributed by atoms with Gasteiger partial charge in [-0.2, -0.15) is 5.10 Å². The number of carbonyl (C=O) groups excluding carboxylic acids is 1. The molecule has 0 aliphatic heterocycles. The average Bonchev–Trinajstić information content (AvgIpc) is 2.46. The van der Waals surface area contributed by atoms with Gasteiger partial charge in [0.25, 0.3) is 0 Å². The Morgan fingerprint density at radius 3 is 2.79 bits per heavy atom. The van der Waals surface area contributed by atoms with Crippen molar-refractivity contribution in [3.05, 3.63) is 16.4 Å². The molecule has 0 unspecified atom stereocenters. The van der Waals surface area contributed by atoms with Crippen molar-refractivity contribution in [2.75, 3.05) is 7.11 Å². The number of rotatable bonds is 3. The van der Waals surface area contributed by atoms with Gasteiger partial charge in [-0.05, 0) is 21.8 Å². The number of methoxy groups -OCH3 is 1. The lowest BCUT2D eigenvalue weighted by Gasteiger charge is -2.00. The highest BCUT2D eigenvalue weighted by molar-refractivity contribution is 9.10. The van der Waals surface area contributed by atoms with E-state index in [-0.39, 0.29) is 12.5 Å². The SMILES string of the molecule is COC(=O)Cn1cc(Br)c(C(C)C)n1. The summed E-state index contributed by atoms with van der Waals surface area (Å²) >= 11 is 3.39. The molecule has 0 aliphatic carbocycles. The summed E-state index contributed by atoms with van der Waals surface area (Å²) in [7, 11) is 1.37. The van der Waals surface area contributed by atoms with Crippen LogP contribution in [0.3, 0.4) is 0 Å². The Balaban J connectivity index is 2.81. The Labute approximate surface area is 91.4 Å². The molecule has 14 heavy (non-hydrogen) atoms. The minimum absolute atomic E-state index is 0.155. The van der Waals surface area contributed by atoms with Crippen molar-refractivity contribution in [2.24, 2.45) is 0 Å².